The first-order valence-electron chi connectivity index (χ1n) is 7.09. The molecule has 4 nitrogen and oxygen atoms in total. The number of aromatic nitrogens is 2. The Kier molecular flexibility index (Phi) is 3.46. The summed E-state index contributed by atoms with van der Waals surface area (Å²) in [6.45, 7) is 5.39. The number of hydrogen-bond donors (Lipinski definition) is 1. The summed E-state index contributed by atoms with van der Waals surface area (Å²) in [6.07, 6.45) is 7.20. The molecule has 1 aliphatic heterocycles. The van der Waals surface area contributed by atoms with Crippen LogP contribution in [0.4, 0.5) is 5.95 Å². The van der Waals surface area contributed by atoms with Crippen LogP contribution in [0.25, 0.3) is 0 Å². The fourth-order valence-electron chi connectivity index (χ4n) is 2.62. The van der Waals surface area contributed by atoms with Crippen LogP contribution in [0.1, 0.15) is 31.4 Å². The molecule has 1 aromatic heterocycles. The summed E-state index contributed by atoms with van der Waals surface area (Å²) in [7, 11) is 0. The number of nitrogens with zero attached hydrogens (tertiary/aromatic N) is 3. The van der Waals surface area contributed by atoms with E-state index in [1.165, 1.54) is 25.7 Å². The van der Waals surface area contributed by atoms with E-state index in [4.69, 9.17) is 0 Å². The molecule has 1 aliphatic carbocycles. The molecule has 4 heteroatoms. The third kappa shape index (κ3) is 2.99. The first-order chi connectivity index (χ1) is 8.81. The quantitative estimate of drug-likeness (QED) is 0.879. The number of hydrogen-bond acceptors (Lipinski definition) is 4. The fraction of sp³-hybridized carbons (Fsp3) is 0.714. The molecule has 3 rings (SSSR count). The average molecular weight is 246 g/mol. The molecule has 0 aromatic carbocycles. The van der Waals surface area contributed by atoms with Crippen LogP contribution < -0.4 is 10.2 Å². The van der Waals surface area contributed by atoms with Crippen LogP contribution in [0.15, 0.2) is 12.3 Å². The van der Waals surface area contributed by atoms with Gasteiger partial charge in [-0.2, -0.15) is 0 Å². The minimum atomic E-state index is 0.753. The lowest BCUT2D eigenvalue weighted by molar-refractivity contribution is 0.388. The van der Waals surface area contributed by atoms with Crippen LogP contribution in [0.5, 0.6) is 0 Å². The van der Waals surface area contributed by atoms with Crippen molar-refractivity contribution in [3.05, 3.63) is 18.0 Å². The van der Waals surface area contributed by atoms with Crippen LogP contribution in [0.3, 0.4) is 0 Å². The predicted molar refractivity (Wildman–Crippen MR) is 72.7 cm³/mol. The van der Waals surface area contributed by atoms with Crippen molar-refractivity contribution in [2.24, 2.45) is 5.92 Å². The summed E-state index contributed by atoms with van der Waals surface area (Å²) < 4.78 is 0. The highest BCUT2D eigenvalue weighted by Gasteiger charge is 2.25. The van der Waals surface area contributed by atoms with Gasteiger partial charge >= 0.3 is 0 Å². The van der Waals surface area contributed by atoms with Crippen molar-refractivity contribution >= 4 is 5.95 Å². The molecule has 1 aromatic rings. The lowest BCUT2D eigenvalue weighted by Crippen LogP contribution is -2.40. The van der Waals surface area contributed by atoms with E-state index in [0.29, 0.717) is 0 Å². The second-order valence-electron chi connectivity index (χ2n) is 5.63. The molecule has 0 spiro atoms. The first kappa shape index (κ1) is 11.9. The van der Waals surface area contributed by atoms with Gasteiger partial charge in [0.2, 0.25) is 5.95 Å². The SMILES string of the molecule is Cc1ccnc(N2CCCC(CNC3CC3)C2)n1. The van der Waals surface area contributed by atoms with E-state index in [2.05, 4.69) is 20.2 Å². The number of rotatable bonds is 4. The monoisotopic (exact) mass is 246 g/mol. The van der Waals surface area contributed by atoms with Gasteiger partial charge in [0.1, 0.15) is 0 Å². The van der Waals surface area contributed by atoms with Gasteiger partial charge in [-0.15, -0.1) is 0 Å². The van der Waals surface area contributed by atoms with E-state index in [-0.39, 0.29) is 0 Å². The van der Waals surface area contributed by atoms with Gasteiger partial charge in [0, 0.05) is 31.0 Å². The van der Waals surface area contributed by atoms with Crippen molar-refractivity contribution < 1.29 is 0 Å². The first-order valence-corrected chi connectivity index (χ1v) is 7.09. The van der Waals surface area contributed by atoms with Gasteiger partial charge in [-0.05, 0) is 51.1 Å². The number of aryl methyl sites for hydroxylation is 1. The molecule has 1 atom stereocenters. The molecule has 98 valence electrons. The Labute approximate surface area is 109 Å². The zero-order valence-corrected chi connectivity index (χ0v) is 11.1. The van der Waals surface area contributed by atoms with Crippen LogP contribution in [-0.4, -0.2) is 35.6 Å². The highest BCUT2D eigenvalue weighted by Crippen LogP contribution is 2.22. The van der Waals surface area contributed by atoms with Crippen LogP contribution in [0, 0.1) is 12.8 Å². The van der Waals surface area contributed by atoms with E-state index in [0.717, 1.165) is 43.2 Å². The summed E-state index contributed by atoms with van der Waals surface area (Å²) in [5.41, 5.74) is 1.05. The molecular formula is C14H22N4. The zero-order chi connectivity index (χ0) is 12.4. The van der Waals surface area contributed by atoms with Crippen molar-refractivity contribution in [1.82, 2.24) is 15.3 Å². The smallest absolute Gasteiger partial charge is 0.225 e. The van der Waals surface area contributed by atoms with Crippen molar-refractivity contribution in [2.45, 2.75) is 38.6 Å². The number of nitrogens with one attached hydrogen (secondary N) is 1. The lowest BCUT2D eigenvalue weighted by atomic mass is 9.98. The van der Waals surface area contributed by atoms with E-state index in [1.54, 1.807) is 0 Å². The minimum absolute atomic E-state index is 0.753. The zero-order valence-electron chi connectivity index (χ0n) is 11.1. The Hall–Kier alpha value is -1.16. The van der Waals surface area contributed by atoms with Gasteiger partial charge in [-0.3, -0.25) is 0 Å². The number of piperidine rings is 1. The summed E-state index contributed by atoms with van der Waals surface area (Å²) in [4.78, 5) is 11.3. The summed E-state index contributed by atoms with van der Waals surface area (Å²) in [5.74, 6) is 1.66. The Balaban J connectivity index is 1.58. The summed E-state index contributed by atoms with van der Waals surface area (Å²) >= 11 is 0. The second kappa shape index (κ2) is 5.22. The van der Waals surface area contributed by atoms with Crippen LogP contribution >= 0.6 is 0 Å². The highest BCUT2D eigenvalue weighted by atomic mass is 15.3. The molecular weight excluding hydrogens is 224 g/mol. The average Bonchev–Trinajstić information content (AvgIpc) is 3.21. The Morgan fingerprint density at radius 1 is 1.39 bits per heavy atom. The van der Waals surface area contributed by atoms with Crippen molar-refractivity contribution in [3.8, 4) is 0 Å². The molecule has 2 fully saturated rings. The predicted octanol–water partition coefficient (Wildman–Crippen LogP) is 1.75. The molecule has 18 heavy (non-hydrogen) atoms. The topological polar surface area (TPSA) is 41.1 Å². The van der Waals surface area contributed by atoms with Gasteiger partial charge < -0.3 is 10.2 Å². The molecule has 2 heterocycles. The molecule has 1 unspecified atom stereocenters. The fourth-order valence-corrected chi connectivity index (χ4v) is 2.62. The van der Waals surface area contributed by atoms with Gasteiger partial charge in [0.15, 0.2) is 0 Å². The summed E-state index contributed by atoms with van der Waals surface area (Å²) in [6, 6.07) is 2.77. The lowest BCUT2D eigenvalue weighted by Gasteiger charge is -2.33. The maximum Gasteiger partial charge on any atom is 0.225 e. The van der Waals surface area contributed by atoms with Crippen molar-refractivity contribution in [3.63, 3.8) is 0 Å². The molecule has 1 saturated carbocycles. The summed E-state index contributed by atoms with van der Waals surface area (Å²) in [5, 5.41) is 3.64. The maximum atomic E-state index is 4.53. The Morgan fingerprint density at radius 3 is 3.06 bits per heavy atom. The van der Waals surface area contributed by atoms with E-state index < -0.39 is 0 Å². The molecule has 2 aliphatic rings. The molecule has 0 radical (unpaired) electrons. The van der Waals surface area contributed by atoms with Crippen LogP contribution in [-0.2, 0) is 0 Å². The number of anilines is 1. The molecule has 1 N–H and O–H groups in total. The third-order valence-corrected chi connectivity index (χ3v) is 3.86. The second-order valence-corrected chi connectivity index (χ2v) is 5.63. The maximum absolute atomic E-state index is 4.53. The van der Waals surface area contributed by atoms with Gasteiger partial charge in [0.25, 0.3) is 0 Å². The molecule has 0 bridgehead atoms. The van der Waals surface area contributed by atoms with E-state index in [1.807, 2.05) is 19.2 Å². The van der Waals surface area contributed by atoms with E-state index >= 15 is 0 Å². The normalized spacial score (nSPS) is 24.3. The van der Waals surface area contributed by atoms with Gasteiger partial charge in [-0.25, -0.2) is 9.97 Å². The van der Waals surface area contributed by atoms with E-state index in [9.17, 15) is 0 Å². The highest BCUT2D eigenvalue weighted by molar-refractivity contribution is 5.30. The van der Waals surface area contributed by atoms with Crippen LogP contribution in [0.2, 0.25) is 0 Å². The Morgan fingerprint density at radius 2 is 2.28 bits per heavy atom. The molecule has 0 amide bonds. The third-order valence-electron chi connectivity index (χ3n) is 3.86. The van der Waals surface area contributed by atoms with Crippen molar-refractivity contribution in [1.29, 1.82) is 0 Å². The van der Waals surface area contributed by atoms with Crippen molar-refractivity contribution in [2.75, 3.05) is 24.5 Å². The molecule has 1 saturated heterocycles. The Bertz CT molecular complexity index is 403. The minimum Gasteiger partial charge on any atom is -0.340 e. The largest absolute Gasteiger partial charge is 0.340 e. The van der Waals surface area contributed by atoms with Gasteiger partial charge in [-0.1, -0.05) is 0 Å². The van der Waals surface area contributed by atoms with Gasteiger partial charge in [0.05, 0.1) is 0 Å². The standard InChI is InChI=1S/C14H22N4/c1-11-6-7-15-14(17-11)18-8-2-3-12(10-18)9-16-13-4-5-13/h6-7,12-13,16H,2-5,8-10H2,1H3.